The average molecular weight is 279 g/mol. The van der Waals surface area contributed by atoms with Gasteiger partial charge in [0.2, 0.25) is 0 Å². The highest BCUT2D eigenvalue weighted by Crippen LogP contribution is 2.15. The van der Waals surface area contributed by atoms with Crippen LogP contribution in [-0.4, -0.2) is 38.4 Å². The predicted octanol–water partition coefficient (Wildman–Crippen LogP) is 1.52. The van der Waals surface area contributed by atoms with Crippen LogP contribution in [0, 0.1) is 0 Å². The lowest BCUT2D eigenvalue weighted by Crippen LogP contribution is -2.26. The minimum atomic E-state index is -3.26. The molecule has 4 nitrogen and oxygen atoms in total. The molecule has 18 heavy (non-hydrogen) atoms. The van der Waals surface area contributed by atoms with E-state index in [-0.39, 0.29) is 17.2 Å². The van der Waals surface area contributed by atoms with Gasteiger partial charge in [-0.25, -0.2) is 17.2 Å². The van der Waals surface area contributed by atoms with E-state index in [0.717, 1.165) is 0 Å². The second kappa shape index (κ2) is 6.10. The van der Waals surface area contributed by atoms with Crippen molar-refractivity contribution in [3.05, 3.63) is 24.3 Å². The Labute approximate surface area is 105 Å². The van der Waals surface area contributed by atoms with Crippen molar-refractivity contribution in [1.29, 1.82) is 0 Å². The van der Waals surface area contributed by atoms with Crippen LogP contribution in [0.25, 0.3) is 0 Å². The zero-order valence-electron chi connectivity index (χ0n) is 9.81. The van der Waals surface area contributed by atoms with E-state index in [9.17, 15) is 17.2 Å². The van der Waals surface area contributed by atoms with Gasteiger partial charge in [-0.2, -0.15) is 0 Å². The number of nitrogens with one attached hydrogen (secondary N) is 1. The summed E-state index contributed by atoms with van der Waals surface area (Å²) in [4.78, 5) is 0.185. The third-order valence-electron chi connectivity index (χ3n) is 2.40. The van der Waals surface area contributed by atoms with Crippen LogP contribution in [0.5, 0.6) is 0 Å². The standard InChI is InChI=1S/C11H15F2NO3S/c1-2-18(16,17)9-5-3-8(4-6-9)14-7-10(15)11(12)13/h3-6,10-11,14-15H,2,7H2,1H3. The van der Waals surface area contributed by atoms with Crippen LogP contribution < -0.4 is 5.32 Å². The zero-order chi connectivity index (χ0) is 13.8. The van der Waals surface area contributed by atoms with Gasteiger partial charge in [0.05, 0.1) is 10.6 Å². The van der Waals surface area contributed by atoms with E-state index in [2.05, 4.69) is 5.32 Å². The van der Waals surface area contributed by atoms with Crippen molar-refractivity contribution in [2.45, 2.75) is 24.3 Å². The van der Waals surface area contributed by atoms with E-state index in [1.54, 1.807) is 6.92 Å². The van der Waals surface area contributed by atoms with Crippen molar-refractivity contribution in [3.63, 3.8) is 0 Å². The van der Waals surface area contributed by atoms with Crippen molar-refractivity contribution in [2.75, 3.05) is 17.6 Å². The number of aliphatic hydroxyl groups is 1. The van der Waals surface area contributed by atoms with E-state index in [4.69, 9.17) is 5.11 Å². The molecule has 1 unspecified atom stereocenters. The number of hydrogen-bond donors (Lipinski definition) is 2. The quantitative estimate of drug-likeness (QED) is 0.828. The van der Waals surface area contributed by atoms with Crippen LogP contribution in [0.1, 0.15) is 6.92 Å². The summed E-state index contributed by atoms with van der Waals surface area (Å²) in [6, 6.07) is 5.74. The summed E-state index contributed by atoms with van der Waals surface area (Å²) >= 11 is 0. The molecule has 0 fully saturated rings. The Bertz CT molecular complexity index is 474. The first kappa shape index (κ1) is 14.8. The molecule has 0 radical (unpaired) electrons. The summed E-state index contributed by atoms with van der Waals surface area (Å²) < 4.78 is 47.1. The Hall–Kier alpha value is -1.21. The molecular weight excluding hydrogens is 264 g/mol. The van der Waals surface area contributed by atoms with E-state index in [1.165, 1.54) is 24.3 Å². The lowest BCUT2D eigenvalue weighted by Gasteiger charge is -2.12. The fourth-order valence-corrected chi connectivity index (χ4v) is 2.14. The fraction of sp³-hybridized carbons (Fsp3) is 0.455. The van der Waals surface area contributed by atoms with Gasteiger partial charge in [0.15, 0.2) is 9.84 Å². The van der Waals surface area contributed by atoms with Crippen molar-refractivity contribution < 1.29 is 22.3 Å². The summed E-state index contributed by atoms with van der Waals surface area (Å²) in [5.74, 6) is 0.00384. The van der Waals surface area contributed by atoms with Gasteiger partial charge in [-0.3, -0.25) is 0 Å². The molecule has 102 valence electrons. The van der Waals surface area contributed by atoms with Gasteiger partial charge in [-0.1, -0.05) is 6.92 Å². The summed E-state index contributed by atoms with van der Waals surface area (Å²) in [6.45, 7) is 1.25. The second-order valence-electron chi connectivity index (χ2n) is 3.71. The maximum absolute atomic E-state index is 12.0. The van der Waals surface area contributed by atoms with Crippen LogP contribution >= 0.6 is 0 Å². The Morgan fingerprint density at radius 1 is 1.28 bits per heavy atom. The fourth-order valence-electron chi connectivity index (χ4n) is 1.26. The van der Waals surface area contributed by atoms with Crippen LogP contribution in [0.4, 0.5) is 14.5 Å². The monoisotopic (exact) mass is 279 g/mol. The minimum absolute atomic E-state index is 0.00384. The molecule has 0 aliphatic carbocycles. The third-order valence-corrected chi connectivity index (χ3v) is 4.15. The Morgan fingerprint density at radius 2 is 1.83 bits per heavy atom. The number of aliphatic hydroxyl groups excluding tert-OH is 1. The third kappa shape index (κ3) is 3.92. The summed E-state index contributed by atoms with van der Waals surface area (Å²) in [5.41, 5.74) is 0.477. The molecule has 1 rings (SSSR count). The largest absolute Gasteiger partial charge is 0.385 e. The number of sulfone groups is 1. The molecule has 0 bridgehead atoms. The van der Waals surface area contributed by atoms with E-state index in [0.29, 0.717) is 5.69 Å². The second-order valence-corrected chi connectivity index (χ2v) is 5.99. The van der Waals surface area contributed by atoms with Crippen molar-refractivity contribution in [3.8, 4) is 0 Å². The molecule has 1 aromatic rings. The lowest BCUT2D eigenvalue weighted by atomic mass is 10.3. The molecule has 0 amide bonds. The molecule has 2 N–H and O–H groups in total. The molecule has 7 heteroatoms. The topological polar surface area (TPSA) is 66.4 Å². The highest BCUT2D eigenvalue weighted by atomic mass is 32.2. The van der Waals surface area contributed by atoms with E-state index < -0.39 is 22.4 Å². The lowest BCUT2D eigenvalue weighted by molar-refractivity contribution is 0.00384. The molecule has 1 aromatic carbocycles. The molecule has 0 aliphatic rings. The molecule has 0 saturated carbocycles. The molecule has 0 heterocycles. The van der Waals surface area contributed by atoms with Crippen LogP contribution in [0.2, 0.25) is 0 Å². The Balaban J connectivity index is 2.67. The predicted molar refractivity (Wildman–Crippen MR) is 64.7 cm³/mol. The molecule has 0 spiro atoms. The first-order chi connectivity index (χ1) is 8.36. The van der Waals surface area contributed by atoms with Crippen molar-refractivity contribution >= 4 is 15.5 Å². The van der Waals surface area contributed by atoms with E-state index >= 15 is 0 Å². The van der Waals surface area contributed by atoms with Crippen LogP contribution in [0.3, 0.4) is 0 Å². The molecule has 0 aromatic heterocycles. The molecular formula is C11H15F2NO3S. The average Bonchev–Trinajstić information content (AvgIpc) is 2.36. The highest BCUT2D eigenvalue weighted by Gasteiger charge is 2.16. The molecule has 0 aliphatic heterocycles. The normalized spacial score (nSPS) is 13.6. The summed E-state index contributed by atoms with van der Waals surface area (Å²) in [5, 5.41) is 11.5. The van der Waals surface area contributed by atoms with Gasteiger partial charge >= 0.3 is 0 Å². The molecule has 1 atom stereocenters. The maximum Gasteiger partial charge on any atom is 0.265 e. The van der Waals surface area contributed by atoms with Gasteiger partial charge < -0.3 is 10.4 Å². The molecule has 0 saturated heterocycles. The van der Waals surface area contributed by atoms with Gasteiger partial charge in [-0.05, 0) is 24.3 Å². The van der Waals surface area contributed by atoms with Crippen LogP contribution in [-0.2, 0) is 9.84 Å². The summed E-state index contributed by atoms with van der Waals surface area (Å²) in [7, 11) is -3.26. The van der Waals surface area contributed by atoms with Gasteiger partial charge in [-0.15, -0.1) is 0 Å². The number of anilines is 1. The first-order valence-electron chi connectivity index (χ1n) is 5.39. The van der Waals surface area contributed by atoms with Gasteiger partial charge in [0, 0.05) is 12.2 Å². The zero-order valence-corrected chi connectivity index (χ0v) is 10.6. The SMILES string of the molecule is CCS(=O)(=O)c1ccc(NCC(O)C(F)F)cc1. The summed E-state index contributed by atoms with van der Waals surface area (Å²) in [6.07, 6.45) is -4.55. The van der Waals surface area contributed by atoms with Gasteiger partial charge in [0.1, 0.15) is 6.10 Å². The van der Waals surface area contributed by atoms with Crippen molar-refractivity contribution in [2.24, 2.45) is 0 Å². The smallest absolute Gasteiger partial charge is 0.265 e. The number of halogens is 2. The minimum Gasteiger partial charge on any atom is -0.385 e. The Morgan fingerprint density at radius 3 is 2.28 bits per heavy atom. The Kier molecular flexibility index (Phi) is 5.03. The van der Waals surface area contributed by atoms with E-state index in [1.807, 2.05) is 0 Å². The highest BCUT2D eigenvalue weighted by molar-refractivity contribution is 7.91. The maximum atomic E-state index is 12.0. The number of rotatable bonds is 6. The van der Waals surface area contributed by atoms with Crippen molar-refractivity contribution in [1.82, 2.24) is 0 Å². The number of benzene rings is 1. The first-order valence-corrected chi connectivity index (χ1v) is 7.05. The van der Waals surface area contributed by atoms with Crippen LogP contribution in [0.15, 0.2) is 29.2 Å². The number of alkyl halides is 2. The van der Waals surface area contributed by atoms with Gasteiger partial charge in [0.25, 0.3) is 6.43 Å². The number of hydrogen-bond acceptors (Lipinski definition) is 4.